The number of amidine groups is 1. The molecule has 8 heteroatoms. The highest BCUT2D eigenvalue weighted by Crippen LogP contribution is 2.48. The van der Waals surface area contributed by atoms with E-state index in [4.69, 9.17) is 10.5 Å². The van der Waals surface area contributed by atoms with Gasteiger partial charge in [-0.25, -0.2) is 9.38 Å². The molecule has 6 nitrogen and oxygen atoms in total. The van der Waals surface area contributed by atoms with E-state index >= 15 is 0 Å². The Labute approximate surface area is 118 Å². The summed E-state index contributed by atoms with van der Waals surface area (Å²) in [5.41, 5.74) is 4.43. The first kappa shape index (κ1) is 13.3. The molecule has 1 fully saturated rings. The lowest BCUT2D eigenvalue weighted by molar-refractivity contribution is -0.385. The highest BCUT2D eigenvalue weighted by atomic mass is 32.2. The molecule has 2 heterocycles. The molecule has 20 heavy (non-hydrogen) atoms. The van der Waals surface area contributed by atoms with E-state index in [-0.39, 0.29) is 17.2 Å². The molecule has 0 saturated carbocycles. The summed E-state index contributed by atoms with van der Waals surface area (Å²) in [6.07, 6.45) is 0.728. The smallest absolute Gasteiger partial charge is 0.270 e. The minimum atomic E-state index is -1.22. The number of hydrogen-bond donors (Lipinski definition) is 1. The fraction of sp³-hybridized carbons (Fsp3) is 0.417. The molecular formula is C12H12FN3O3S. The number of nitrogens with zero attached hydrogens (tertiary/aromatic N) is 2. The summed E-state index contributed by atoms with van der Waals surface area (Å²) in [5, 5.41) is 11.2. The van der Waals surface area contributed by atoms with Gasteiger partial charge in [0.1, 0.15) is 5.82 Å². The van der Waals surface area contributed by atoms with Crippen molar-refractivity contribution in [2.45, 2.75) is 12.1 Å². The van der Waals surface area contributed by atoms with Crippen molar-refractivity contribution in [3.63, 3.8) is 0 Å². The van der Waals surface area contributed by atoms with Crippen LogP contribution in [0.4, 0.5) is 10.1 Å². The molecule has 2 aliphatic heterocycles. The number of benzene rings is 1. The molecule has 2 atom stereocenters. The quantitative estimate of drug-likeness (QED) is 0.666. The van der Waals surface area contributed by atoms with Crippen LogP contribution in [0.2, 0.25) is 0 Å². The zero-order valence-corrected chi connectivity index (χ0v) is 11.2. The molecule has 1 saturated heterocycles. The van der Waals surface area contributed by atoms with Crippen molar-refractivity contribution in [1.29, 1.82) is 0 Å². The van der Waals surface area contributed by atoms with Crippen LogP contribution in [-0.2, 0) is 10.5 Å². The number of non-ortho nitro benzene ring substituents is 1. The Morgan fingerprint density at radius 2 is 2.40 bits per heavy atom. The second kappa shape index (κ2) is 4.71. The average Bonchev–Trinajstić information content (AvgIpc) is 2.82. The highest BCUT2D eigenvalue weighted by Gasteiger charge is 2.50. The third-order valence-electron chi connectivity index (χ3n) is 3.60. The van der Waals surface area contributed by atoms with Gasteiger partial charge in [-0.05, 0) is 12.5 Å². The summed E-state index contributed by atoms with van der Waals surface area (Å²) in [5.74, 6) is 0.0690. The van der Waals surface area contributed by atoms with Crippen LogP contribution in [0.3, 0.4) is 0 Å². The Balaban J connectivity index is 2.17. The molecule has 0 aliphatic carbocycles. The second-order valence-electron chi connectivity index (χ2n) is 4.71. The first-order valence-electron chi connectivity index (χ1n) is 6.09. The molecule has 2 N–H and O–H groups in total. The standard InChI is InChI=1S/C12H12FN3O3S/c13-10-2-1-8(16(17)18)5-9(10)12-7(3-4-19-12)6-20-11(14)15-12/h1-2,5,7H,3-4,6H2,(H2,14,15)/t7?,12-/m1/s1. The fourth-order valence-electron chi connectivity index (χ4n) is 2.63. The summed E-state index contributed by atoms with van der Waals surface area (Å²) in [4.78, 5) is 14.6. The fourth-order valence-corrected chi connectivity index (χ4v) is 3.60. The van der Waals surface area contributed by atoms with Crippen molar-refractivity contribution >= 4 is 22.6 Å². The molecule has 0 spiro atoms. The van der Waals surface area contributed by atoms with Crippen LogP contribution in [-0.4, -0.2) is 22.5 Å². The lowest BCUT2D eigenvalue weighted by Gasteiger charge is -2.34. The number of hydrogen-bond acceptors (Lipinski definition) is 6. The molecule has 3 rings (SSSR count). The van der Waals surface area contributed by atoms with Gasteiger partial charge in [0, 0.05) is 29.4 Å². The maximum absolute atomic E-state index is 14.2. The van der Waals surface area contributed by atoms with E-state index in [2.05, 4.69) is 4.99 Å². The molecule has 0 amide bonds. The van der Waals surface area contributed by atoms with Crippen LogP contribution >= 0.6 is 11.8 Å². The average molecular weight is 297 g/mol. The van der Waals surface area contributed by atoms with E-state index < -0.39 is 16.5 Å². The molecule has 0 radical (unpaired) electrons. The zero-order valence-electron chi connectivity index (χ0n) is 10.4. The number of aliphatic imine (C=N–C) groups is 1. The summed E-state index contributed by atoms with van der Waals surface area (Å²) < 4.78 is 19.8. The minimum absolute atomic E-state index is 0.0312. The summed E-state index contributed by atoms with van der Waals surface area (Å²) >= 11 is 1.40. The number of ether oxygens (including phenoxy) is 1. The van der Waals surface area contributed by atoms with Gasteiger partial charge in [-0.3, -0.25) is 10.1 Å². The van der Waals surface area contributed by atoms with Crippen LogP contribution in [0.1, 0.15) is 12.0 Å². The Bertz CT molecular complexity index is 610. The van der Waals surface area contributed by atoms with Crippen molar-refractivity contribution in [2.24, 2.45) is 16.6 Å². The molecule has 1 unspecified atom stereocenters. The third kappa shape index (κ3) is 1.95. The van der Waals surface area contributed by atoms with Crippen LogP contribution in [0.15, 0.2) is 23.2 Å². The maximum atomic E-state index is 14.2. The van der Waals surface area contributed by atoms with Crippen LogP contribution in [0.5, 0.6) is 0 Å². The molecule has 0 aromatic heterocycles. The zero-order chi connectivity index (χ0) is 14.3. The van der Waals surface area contributed by atoms with Gasteiger partial charge in [-0.2, -0.15) is 0 Å². The van der Waals surface area contributed by atoms with Gasteiger partial charge in [0.05, 0.1) is 11.5 Å². The van der Waals surface area contributed by atoms with Crippen molar-refractivity contribution in [3.05, 3.63) is 39.7 Å². The van der Waals surface area contributed by atoms with Gasteiger partial charge < -0.3 is 10.5 Å². The van der Waals surface area contributed by atoms with Gasteiger partial charge in [0.2, 0.25) is 0 Å². The molecule has 106 valence electrons. The molecule has 1 aromatic rings. The number of halogens is 1. The van der Waals surface area contributed by atoms with Gasteiger partial charge in [0.25, 0.3) is 5.69 Å². The highest BCUT2D eigenvalue weighted by molar-refractivity contribution is 8.13. The largest absolute Gasteiger partial charge is 0.378 e. The van der Waals surface area contributed by atoms with E-state index in [1.165, 1.54) is 17.8 Å². The van der Waals surface area contributed by atoms with E-state index in [1.54, 1.807) is 0 Å². The summed E-state index contributed by atoms with van der Waals surface area (Å²) in [7, 11) is 0. The van der Waals surface area contributed by atoms with E-state index in [0.717, 1.165) is 18.6 Å². The number of nitro benzene ring substituents is 1. The lowest BCUT2D eigenvalue weighted by atomic mass is 9.89. The number of fused-ring (bicyclic) bond motifs is 1. The molecule has 0 bridgehead atoms. The lowest BCUT2D eigenvalue weighted by Crippen LogP contribution is -2.38. The van der Waals surface area contributed by atoms with Crippen LogP contribution < -0.4 is 5.73 Å². The maximum Gasteiger partial charge on any atom is 0.270 e. The van der Waals surface area contributed by atoms with Crippen molar-refractivity contribution in [3.8, 4) is 0 Å². The first-order chi connectivity index (χ1) is 9.53. The van der Waals surface area contributed by atoms with E-state index in [1.807, 2.05) is 0 Å². The molecular weight excluding hydrogens is 285 g/mol. The van der Waals surface area contributed by atoms with Crippen molar-refractivity contribution in [1.82, 2.24) is 0 Å². The number of nitro groups is 1. The Hall–Kier alpha value is -1.67. The first-order valence-corrected chi connectivity index (χ1v) is 7.08. The van der Waals surface area contributed by atoms with Crippen molar-refractivity contribution < 1.29 is 14.1 Å². The number of nitrogens with two attached hydrogens (primary N) is 1. The Morgan fingerprint density at radius 1 is 1.60 bits per heavy atom. The van der Waals surface area contributed by atoms with Gasteiger partial charge >= 0.3 is 0 Å². The number of thioether (sulfide) groups is 1. The topological polar surface area (TPSA) is 90.8 Å². The van der Waals surface area contributed by atoms with Gasteiger partial charge in [0.15, 0.2) is 10.9 Å². The predicted molar refractivity (Wildman–Crippen MR) is 72.9 cm³/mol. The summed E-state index contributed by atoms with van der Waals surface area (Å²) in [6.45, 7) is 0.435. The van der Waals surface area contributed by atoms with E-state index in [9.17, 15) is 14.5 Å². The minimum Gasteiger partial charge on any atom is -0.378 e. The Morgan fingerprint density at radius 3 is 3.15 bits per heavy atom. The monoisotopic (exact) mass is 297 g/mol. The normalized spacial score (nSPS) is 28.9. The van der Waals surface area contributed by atoms with Gasteiger partial charge in [-0.15, -0.1) is 0 Å². The molecule has 2 aliphatic rings. The SMILES string of the molecule is NC1=N[C@@]2(c3cc([N+](=O)[O-])ccc3F)OCCC2CS1. The van der Waals surface area contributed by atoms with E-state index in [0.29, 0.717) is 17.5 Å². The Kier molecular flexibility index (Phi) is 3.14. The number of rotatable bonds is 2. The predicted octanol–water partition coefficient (Wildman–Crippen LogP) is 1.98. The second-order valence-corrected chi connectivity index (χ2v) is 5.75. The third-order valence-corrected chi connectivity index (χ3v) is 4.55. The van der Waals surface area contributed by atoms with Crippen LogP contribution in [0, 0.1) is 21.8 Å². The van der Waals surface area contributed by atoms with Crippen LogP contribution in [0.25, 0.3) is 0 Å². The van der Waals surface area contributed by atoms with Crippen molar-refractivity contribution in [2.75, 3.05) is 12.4 Å². The van der Waals surface area contributed by atoms with Gasteiger partial charge in [-0.1, -0.05) is 11.8 Å². The summed E-state index contributed by atoms with van der Waals surface area (Å²) in [6, 6.07) is 3.40. The molecule has 1 aromatic carbocycles.